The maximum Gasteiger partial charge on any atom is 0.329 e. The van der Waals surface area contributed by atoms with Crippen LogP contribution in [0.2, 0.25) is 0 Å². The third-order valence-corrected chi connectivity index (χ3v) is 3.74. The van der Waals surface area contributed by atoms with Crippen molar-refractivity contribution in [2.75, 3.05) is 34.4 Å². The van der Waals surface area contributed by atoms with Gasteiger partial charge in [-0.15, -0.1) is 0 Å². The normalized spacial score (nSPS) is 23.5. The van der Waals surface area contributed by atoms with Crippen LogP contribution in [0, 0.1) is 0 Å². The predicted octanol–water partition coefficient (Wildman–Crippen LogP) is 0.247. The summed E-state index contributed by atoms with van der Waals surface area (Å²) in [5.41, 5.74) is -1.26. The second kappa shape index (κ2) is 5.75. The number of ether oxygens (including phenoxy) is 2. The van der Waals surface area contributed by atoms with Crippen LogP contribution in [0.5, 0.6) is 0 Å². The number of amides is 2. The van der Waals surface area contributed by atoms with Gasteiger partial charge in [0.25, 0.3) is 0 Å². The summed E-state index contributed by atoms with van der Waals surface area (Å²) in [6.07, 6.45) is -0.370. The molecular weight excluding hydrogens is 252 g/mol. The molecule has 1 fully saturated rings. The number of carboxylic acids is 1. The fourth-order valence-corrected chi connectivity index (χ4v) is 1.95. The first-order valence-electron chi connectivity index (χ1n) is 6.07. The molecule has 2 atom stereocenters. The number of hydrogen-bond acceptors (Lipinski definition) is 4. The Balaban J connectivity index is 2.77. The highest BCUT2D eigenvalue weighted by atomic mass is 16.5. The maximum absolute atomic E-state index is 12.3. The molecule has 7 nitrogen and oxygen atoms in total. The second-order valence-corrected chi connectivity index (χ2v) is 5.16. The largest absolute Gasteiger partial charge is 0.480 e. The van der Waals surface area contributed by atoms with Crippen LogP contribution >= 0.6 is 0 Å². The highest BCUT2D eigenvalue weighted by Gasteiger charge is 2.41. The summed E-state index contributed by atoms with van der Waals surface area (Å²) in [4.78, 5) is 26.2. The third-order valence-electron chi connectivity index (χ3n) is 3.74. The number of carboxylic acid groups (broad SMARTS) is 1. The van der Waals surface area contributed by atoms with Crippen LogP contribution in [0.1, 0.15) is 13.8 Å². The molecule has 0 spiro atoms. The lowest BCUT2D eigenvalue weighted by atomic mass is 10.0. The topological polar surface area (TPSA) is 79.3 Å². The van der Waals surface area contributed by atoms with Crippen LogP contribution in [0.15, 0.2) is 0 Å². The van der Waals surface area contributed by atoms with Crippen molar-refractivity contribution in [2.24, 2.45) is 0 Å². The lowest BCUT2D eigenvalue weighted by Gasteiger charge is -2.34. The zero-order valence-electron chi connectivity index (χ0n) is 12.0. The third kappa shape index (κ3) is 2.98. The Morgan fingerprint density at radius 3 is 1.95 bits per heavy atom. The van der Waals surface area contributed by atoms with Crippen molar-refractivity contribution in [3.8, 4) is 0 Å². The number of aliphatic carboxylic acids is 1. The van der Waals surface area contributed by atoms with E-state index >= 15 is 0 Å². The Morgan fingerprint density at radius 1 is 1.21 bits per heavy atom. The van der Waals surface area contributed by atoms with Crippen LogP contribution < -0.4 is 0 Å². The number of carbonyl (C=O) groups is 2. The van der Waals surface area contributed by atoms with E-state index in [1.54, 1.807) is 19.1 Å². The molecule has 0 bridgehead atoms. The summed E-state index contributed by atoms with van der Waals surface area (Å²) in [6, 6.07) is -0.339. The fourth-order valence-electron chi connectivity index (χ4n) is 1.95. The van der Waals surface area contributed by atoms with Gasteiger partial charge >= 0.3 is 12.0 Å². The molecule has 2 amide bonds. The molecule has 0 saturated carbocycles. The molecule has 1 saturated heterocycles. The fraction of sp³-hybridized carbons (Fsp3) is 0.833. The summed E-state index contributed by atoms with van der Waals surface area (Å²) in [5.74, 6) is -1.05. The summed E-state index contributed by atoms with van der Waals surface area (Å²) in [6.45, 7) is 3.78. The van der Waals surface area contributed by atoms with Crippen molar-refractivity contribution in [3.63, 3.8) is 0 Å². The second-order valence-electron chi connectivity index (χ2n) is 5.16. The Labute approximate surface area is 113 Å². The minimum absolute atomic E-state index is 0.185. The van der Waals surface area contributed by atoms with Crippen LogP contribution in [0.3, 0.4) is 0 Å². The van der Waals surface area contributed by atoms with Crippen molar-refractivity contribution >= 4 is 12.0 Å². The van der Waals surface area contributed by atoms with Crippen LogP contribution in [0.25, 0.3) is 0 Å². The number of likely N-dealkylation sites (tertiary alicyclic amines) is 1. The molecule has 1 N–H and O–H groups in total. The van der Waals surface area contributed by atoms with E-state index in [-0.39, 0.29) is 18.2 Å². The molecule has 0 aromatic carbocycles. The van der Waals surface area contributed by atoms with Gasteiger partial charge in [0.15, 0.2) is 0 Å². The molecular formula is C12H22N2O5. The number of hydrogen-bond donors (Lipinski definition) is 1. The van der Waals surface area contributed by atoms with Crippen LogP contribution in [-0.4, -0.2) is 79.0 Å². The first-order chi connectivity index (χ1) is 8.75. The number of methoxy groups -OCH3 is 2. The maximum atomic E-state index is 12.3. The molecule has 19 heavy (non-hydrogen) atoms. The Hall–Kier alpha value is -1.34. The van der Waals surface area contributed by atoms with Gasteiger partial charge in [0.1, 0.15) is 17.7 Å². The summed E-state index contributed by atoms with van der Waals surface area (Å²) < 4.78 is 10.5. The van der Waals surface area contributed by atoms with Crippen molar-refractivity contribution in [3.05, 3.63) is 0 Å². The molecule has 1 aliphatic rings. The van der Waals surface area contributed by atoms with Gasteiger partial charge in [0.2, 0.25) is 0 Å². The van der Waals surface area contributed by atoms with Crippen molar-refractivity contribution in [1.82, 2.24) is 9.80 Å². The van der Waals surface area contributed by atoms with Crippen LogP contribution in [-0.2, 0) is 14.3 Å². The first kappa shape index (κ1) is 15.7. The summed E-state index contributed by atoms with van der Waals surface area (Å²) in [5, 5.41) is 9.14. The molecule has 1 rings (SSSR count). The standard InChI is InChI=1S/C12H22N2O5/c1-12(2,10(15)16)13(3)11(17)14-6-8(18-4)9(7-14)19-5/h8-9H,6-7H2,1-5H3,(H,15,16). The predicted molar refractivity (Wildman–Crippen MR) is 68.0 cm³/mol. The molecule has 2 unspecified atom stereocenters. The molecule has 110 valence electrons. The highest BCUT2D eigenvalue weighted by Crippen LogP contribution is 2.20. The Bertz CT molecular complexity index is 346. The van der Waals surface area contributed by atoms with E-state index in [1.807, 2.05) is 0 Å². The minimum Gasteiger partial charge on any atom is -0.480 e. The quantitative estimate of drug-likeness (QED) is 0.795. The van der Waals surface area contributed by atoms with Gasteiger partial charge in [0.05, 0.1) is 13.1 Å². The molecule has 1 aliphatic heterocycles. The number of likely N-dealkylation sites (N-methyl/N-ethyl adjacent to an activating group) is 1. The monoisotopic (exact) mass is 274 g/mol. The van der Waals surface area contributed by atoms with Gasteiger partial charge in [-0.05, 0) is 13.8 Å². The van der Waals surface area contributed by atoms with E-state index in [2.05, 4.69) is 0 Å². The van der Waals surface area contributed by atoms with E-state index in [1.165, 1.54) is 25.8 Å². The van der Waals surface area contributed by atoms with E-state index in [9.17, 15) is 9.59 Å². The number of rotatable bonds is 4. The van der Waals surface area contributed by atoms with E-state index in [0.29, 0.717) is 13.1 Å². The molecule has 0 aromatic heterocycles. The van der Waals surface area contributed by atoms with Crippen LogP contribution in [0.4, 0.5) is 4.79 Å². The summed E-state index contributed by atoms with van der Waals surface area (Å²) >= 11 is 0. The van der Waals surface area contributed by atoms with Crippen molar-refractivity contribution in [2.45, 2.75) is 31.6 Å². The number of urea groups is 1. The average Bonchev–Trinajstić information content (AvgIpc) is 2.79. The first-order valence-corrected chi connectivity index (χ1v) is 6.07. The number of carbonyl (C=O) groups excluding carboxylic acids is 1. The van der Waals surface area contributed by atoms with Gasteiger partial charge in [-0.1, -0.05) is 0 Å². The summed E-state index contributed by atoms with van der Waals surface area (Å²) in [7, 11) is 4.61. The number of nitrogens with zero attached hydrogens (tertiary/aromatic N) is 2. The van der Waals surface area contributed by atoms with Gasteiger partial charge in [-0.3, -0.25) is 0 Å². The van der Waals surface area contributed by atoms with Gasteiger partial charge in [-0.2, -0.15) is 0 Å². The average molecular weight is 274 g/mol. The SMILES string of the molecule is COC1CN(C(=O)N(C)C(C)(C)C(=O)O)CC1OC. The Kier molecular flexibility index (Phi) is 4.75. The van der Waals surface area contributed by atoms with Crippen molar-refractivity contribution in [1.29, 1.82) is 0 Å². The molecule has 0 aliphatic carbocycles. The van der Waals surface area contributed by atoms with E-state index in [0.717, 1.165) is 0 Å². The molecule has 7 heteroatoms. The zero-order chi connectivity index (χ0) is 14.8. The Morgan fingerprint density at radius 2 is 1.63 bits per heavy atom. The van der Waals surface area contributed by atoms with Gasteiger partial charge < -0.3 is 24.4 Å². The van der Waals surface area contributed by atoms with E-state index in [4.69, 9.17) is 14.6 Å². The lowest BCUT2D eigenvalue weighted by molar-refractivity contribution is -0.147. The molecule has 1 heterocycles. The van der Waals surface area contributed by atoms with Gasteiger partial charge in [-0.25, -0.2) is 9.59 Å². The molecule has 0 radical (unpaired) electrons. The smallest absolute Gasteiger partial charge is 0.329 e. The minimum atomic E-state index is -1.26. The highest BCUT2D eigenvalue weighted by molar-refractivity contribution is 5.85. The molecule has 0 aromatic rings. The lowest BCUT2D eigenvalue weighted by Crippen LogP contribution is -2.54. The zero-order valence-corrected chi connectivity index (χ0v) is 12.0. The van der Waals surface area contributed by atoms with E-state index < -0.39 is 11.5 Å². The van der Waals surface area contributed by atoms with Gasteiger partial charge in [0, 0.05) is 21.3 Å². The van der Waals surface area contributed by atoms with Crippen molar-refractivity contribution < 1.29 is 24.2 Å².